The second kappa shape index (κ2) is 12.6. The Hall–Kier alpha value is -4.36. The second-order valence-corrected chi connectivity index (χ2v) is 11.9. The van der Waals surface area contributed by atoms with Gasteiger partial charge in [0.1, 0.15) is 5.75 Å². The number of amides is 3. The highest BCUT2D eigenvalue weighted by Gasteiger charge is 2.51. The third-order valence-electron chi connectivity index (χ3n) is 9.15. The maximum Gasteiger partial charge on any atom is 0.416 e. The average molecular weight is 636 g/mol. The van der Waals surface area contributed by atoms with E-state index >= 15 is 0 Å². The number of anilines is 1. The van der Waals surface area contributed by atoms with Crippen molar-refractivity contribution in [3.63, 3.8) is 0 Å². The van der Waals surface area contributed by atoms with Crippen LogP contribution in [-0.4, -0.2) is 48.1 Å². The number of primary amides is 1. The first-order valence-electron chi connectivity index (χ1n) is 14.7. The molecule has 0 unspecified atom stereocenters. The van der Waals surface area contributed by atoms with E-state index in [-0.39, 0.29) is 34.6 Å². The van der Waals surface area contributed by atoms with Crippen LogP contribution in [0.4, 0.5) is 23.2 Å². The number of alkyl halides is 3. The first-order valence-corrected chi connectivity index (χ1v) is 14.7. The van der Waals surface area contributed by atoms with Gasteiger partial charge in [-0.05, 0) is 81.0 Å². The van der Waals surface area contributed by atoms with Crippen molar-refractivity contribution in [2.75, 3.05) is 12.4 Å². The number of benzene rings is 2. The van der Waals surface area contributed by atoms with Crippen molar-refractivity contribution in [2.45, 2.75) is 63.3 Å². The maximum atomic E-state index is 14.9. The number of carbonyl (C=O) groups excluding carboxylic acids is 3. The summed E-state index contributed by atoms with van der Waals surface area (Å²) in [7, 11) is 1.27. The molecule has 0 aliphatic heterocycles. The van der Waals surface area contributed by atoms with E-state index in [0.29, 0.717) is 50.7 Å². The Balaban J connectivity index is 1.34. The number of nitrogens with one attached hydrogen (secondary N) is 2. The summed E-state index contributed by atoms with van der Waals surface area (Å²) in [4.78, 5) is 50.0. The minimum Gasteiger partial charge on any atom is -0.496 e. The van der Waals surface area contributed by atoms with Crippen LogP contribution in [0.2, 0.25) is 0 Å². The van der Waals surface area contributed by atoms with Gasteiger partial charge in [-0.25, -0.2) is 4.39 Å². The molecular formula is C31H33F4N3O7. The van der Waals surface area contributed by atoms with Gasteiger partial charge in [0.15, 0.2) is 11.6 Å². The fourth-order valence-electron chi connectivity index (χ4n) is 6.92. The Morgan fingerprint density at radius 1 is 0.933 bits per heavy atom. The van der Waals surface area contributed by atoms with Crippen molar-refractivity contribution in [1.29, 1.82) is 0 Å². The lowest BCUT2D eigenvalue weighted by Crippen LogP contribution is -2.48. The number of rotatable bonds is 9. The van der Waals surface area contributed by atoms with Gasteiger partial charge >= 0.3 is 12.1 Å². The lowest BCUT2D eigenvalue weighted by molar-refractivity contribution is -0.143. The van der Waals surface area contributed by atoms with E-state index in [2.05, 4.69) is 10.6 Å². The quantitative estimate of drug-likeness (QED) is 0.290. The van der Waals surface area contributed by atoms with Gasteiger partial charge in [-0.2, -0.15) is 13.2 Å². The minimum absolute atomic E-state index is 0.0426. The van der Waals surface area contributed by atoms with E-state index in [1.54, 1.807) is 0 Å². The zero-order valence-electron chi connectivity index (χ0n) is 24.3. The molecule has 0 saturated heterocycles. The third-order valence-corrected chi connectivity index (χ3v) is 9.15. The lowest BCUT2D eigenvalue weighted by Gasteiger charge is -2.31. The van der Waals surface area contributed by atoms with Crippen molar-refractivity contribution in [3.8, 4) is 11.5 Å². The number of halogens is 4. The summed E-state index contributed by atoms with van der Waals surface area (Å²) in [5.74, 6) is -5.78. The third kappa shape index (κ3) is 6.84. The van der Waals surface area contributed by atoms with Crippen LogP contribution in [0.5, 0.6) is 11.5 Å². The van der Waals surface area contributed by atoms with E-state index < -0.39 is 70.8 Å². The van der Waals surface area contributed by atoms with Crippen molar-refractivity contribution < 1.29 is 51.3 Å². The molecule has 2 aromatic carbocycles. The molecule has 3 amide bonds. The molecule has 2 bridgehead atoms. The minimum atomic E-state index is -4.79. The molecule has 2 aromatic rings. The van der Waals surface area contributed by atoms with Crippen molar-refractivity contribution in [3.05, 3.63) is 52.8 Å². The Morgan fingerprint density at radius 3 is 2.24 bits per heavy atom. The molecule has 242 valence electrons. The fraction of sp³-hybridized carbons (Fsp3) is 0.484. The molecule has 45 heavy (non-hydrogen) atoms. The van der Waals surface area contributed by atoms with Crippen LogP contribution in [0.15, 0.2) is 30.3 Å². The molecule has 3 aliphatic carbocycles. The molecule has 5 N–H and O–H groups in total. The maximum absolute atomic E-state index is 14.9. The number of carbonyl (C=O) groups is 4. The molecule has 14 heteroatoms. The SMILES string of the molecule is COc1cc(F)c(O[C@H]2CC[C@@H](C(=O)O)CC2)cc1C(=O)N[C@@H]1[C@H]2CC[C@H](C2)[C@@H]1C(=O)Nc1cc(C(N)=O)cc(C(F)(F)F)c1. The first-order chi connectivity index (χ1) is 21.2. The summed E-state index contributed by atoms with van der Waals surface area (Å²) in [6.45, 7) is 0. The Kier molecular flexibility index (Phi) is 8.95. The lowest BCUT2D eigenvalue weighted by atomic mass is 9.83. The van der Waals surface area contributed by atoms with Gasteiger partial charge in [-0.3, -0.25) is 19.2 Å². The number of hydrogen-bond acceptors (Lipinski definition) is 6. The summed E-state index contributed by atoms with van der Waals surface area (Å²) in [6, 6.07) is 3.93. The molecular weight excluding hydrogens is 602 g/mol. The molecule has 10 nitrogen and oxygen atoms in total. The highest BCUT2D eigenvalue weighted by molar-refractivity contribution is 6.00. The number of nitrogens with two attached hydrogens (primary N) is 1. The van der Waals surface area contributed by atoms with E-state index in [4.69, 9.17) is 15.2 Å². The van der Waals surface area contributed by atoms with Crippen molar-refractivity contribution in [1.82, 2.24) is 5.32 Å². The van der Waals surface area contributed by atoms with Gasteiger partial charge in [0.25, 0.3) is 5.91 Å². The van der Waals surface area contributed by atoms with Crippen LogP contribution in [0, 0.1) is 29.5 Å². The summed E-state index contributed by atoms with van der Waals surface area (Å²) >= 11 is 0. The Bertz CT molecular complexity index is 1510. The molecule has 0 aromatic heterocycles. The summed E-state index contributed by atoms with van der Waals surface area (Å²) < 4.78 is 66.4. The number of carboxylic acids is 1. The standard InChI is InChI=1S/C31H33F4N3O7/c1-44-23-13-22(32)24(45-20-6-4-14(5-7-20)30(42)43)12-21(23)28(40)38-26-16-3-2-15(8-16)25(26)29(41)37-19-10-17(27(36)39)9-18(11-19)31(33,34)35/h9-16,20,25-26H,2-8H2,1H3,(H2,36,39)(H,37,41)(H,38,40)(H,42,43)/t14-,15-,16+,20+,25+,26-/m1/s1. The number of hydrogen-bond donors (Lipinski definition) is 4. The van der Waals surface area contributed by atoms with E-state index in [1.807, 2.05) is 0 Å². The number of carboxylic acid groups (broad SMARTS) is 1. The molecule has 0 spiro atoms. The van der Waals surface area contributed by atoms with Crippen LogP contribution >= 0.6 is 0 Å². The zero-order chi connectivity index (χ0) is 32.6. The molecule has 0 heterocycles. The first kappa shape index (κ1) is 32.0. The van der Waals surface area contributed by atoms with E-state index in [9.17, 15) is 41.8 Å². The highest BCUT2D eigenvalue weighted by Crippen LogP contribution is 2.49. The molecule has 3 aliphatic rings. The molecule has 4 atom stereocenters. The zero-order valence-corrected chi connectivity index (χ0v) is 24.3. The van der Waals surface area contributed by atoms with Gasteiger partial charge < -0.3 is 30.9 Å². The number of methoxy groups -OCH3 is 1. The molecule has 0 radical (unpaired) electrons. The average Bonchev–Trinajstić information content (AvgIpc) is 3.59. The van der Waals surface area contributed by atoms with Crippen LogP contribution in [0.3, 0.4) is 0 Å². The van der Waals surface area contributed by atoms with Gasteiger partial charge in [0.2, 0.25) is 11.8 Å². The van der Waals surface area contributed by atoms with E-state index in [1.165, 1.54) is 13.2 Å². The van der Waals surface area contributed by atoms with Crippen LogP contribution in [0.25, 0.3) is 0 Å². The summed E-state index contributed by atoms with van der Waals surface area (Å²) in [6.07, 6.45) is -1.64. The smallest absolute Gasteiger partial charge is 0.416 e. The Labute approximate surface area is 255 Å². The van der Waals surface area contributed by atoms with Crippen LogP contribution in [0.1, 0.15) is 71.2 Å². The van der Waals surface area contributed by atoms with Gasteiger partial charge in [0.05, 0.1) is 36.2 Å². The predicted octanol–water partition coefficient (Wildman–Crippen LogP) is 4.76. The van der Waals surface area contributed by atoms with Crippen molar-refractivity contribution >= 4 is 29.4 Å². The normalized spacial score (nSPS) is 25.8. The number of fused-ring (bicyclic) bond motifs is 2. The van der Waals surface area contributed by atoms with Crippen LogP contribution in [-0.2, 0) is 15.8 Å². The molecule has 3 fully saturated rings. The number of aliphatic carboxylic acids is 1. The summed E-state index contributed by atoms with van der Waals surface area (Å²) in [5.41, 5.74) is 3.34. The topological polar surface area (TPSA) is 157 Å². The highest BCUT2D eigenvalue weighted by atomic mass is 19.4. The Morgan fingerprint density at radius 2 is 1.62 bits per heavy atom. The van der Waals surface area contributed by atoms with E-state index in [0.717, 1.165) is 18.6 Å². The number of ether oxygens (including phenoxy) is 2. The van der Waals surface area contributed by atoms with Gasteiger partial charge in [0, 0.05) is 23.4 Å². The molecule has 5 rings (SSSR count). The van der Waals surface area contributed by atoms with Crippen LogP contribution < -0.4 is 25.8 Å². The van der Waals surface area contributed by atoms with Gasteiger partial charge in [-0.1, -0.05) is 0 Å². The molecule has 3 saturated carbocycles. The van der Waals surface area contributed by atoms with Crippen molar-refractivity contribution in [2.24, 2.45) is 29.4 Å². The predicted molar refractivity (Wildman–Crippen MR) is 151 cm³/mol. The monoisotopic (exact) mass is 635 g/mol. The largest absolute Gasteiger partial charge is 0.496 e. The van der Waals surface area contributed by atoms with Gasteiger partial charge in [-0.15, -0.1) is 0 Å². The summed E-state index contributed by atoms with van der Waals surface area (Å²) in [5, 5.41) is 14.6. The second-order valence-electron chi connectivity index (χ2n) is 11.9. The fourth-order valence-corrected chi connectivity index (χ4v) is 6.92.